The highest BCUT2D eigenvalue weighted by Gasteiger charge is 1.85. The van der Waals surface area contributed by atoms with Crippen LogP contribution in [0.3, 0.4) is 0 Å². The summed E-state index contributed by atoms with van der Waals surface area (Å²) in [5, 5.41) is 0. The summed E-state index contributed by atoms with van der Waals surface area (Å²) in [5.41, 5.74) is 1.17. The summed E-state index contributed by atoms with van der Waals surface area (Å²) in [4.78, 5) is 0. The summed E-state index contributed by atoms with van der Waals surface area (Å²) in [5.74, 6) is 0. The Morgan fingerprint density at radius 3 is 2.33 bits per heavy atom. The Balaban J connectivity index is 0.000000561. The molecule has 0 radical (unpaired) electrons. The van der Waals surface area contributed by atoms with E-state index in [1.807, 2.05) is 44.2 Å². The number of benzene rings is 1. The average Bonchev–Trinajstić information content (AvgIpc) is 2.19. The fraction of sp³-hybridized carbons (Fsp3) is 0.273. The van der Waals surface area contributed by atoms with E-state index in [-0.39, 0.29) is 0 Å². The van der Waals surface area contributed by atoms with E-state index in [1.165, 1.54) is 11.8 Å². The summed E-state index contributed by atoms with van der Waals surface area (Å²) in [6.07, 6.45) is 1.45. The van der Waals surface area contributed by atoms with Gasteiger partial charge in [0.05, 0.1) is 6.26 Å². The van der Waals surface area contributed by atoms with Crippen molar-refractivity contribution in [2.75, 3.05) is 0 Å². The highest BCUT2D eigenvalue weighted by Crippen LogP contribution is 1.99. The van der Waals surface area contributed by atoms with Gasteiger partial charge in [0.15, 0.2) is 0 Å². The van der Waals surface area contributed by atoms with Crippen molar-refractivity contribution in [2.24, 2.45) is 0 Å². The lowest BCUT2D eigenvalue weighted by Crippen LogP contribution is -1.83. The predicted octanol–water partition coefficient (Wildman–Crippen LogP) is 3.37. The van der Waals surface area contributed by atoms with Gasteiger partial charge in [-0.2, -0.15) is 0 Å². The zero-order chi connectivity index (χ0) is 9.23. The van der Waals surface area contributed by atoms with Crippen LogP contribution in [0.2, 0.25) is 0 Å². The highest BCUT2D eigenvalue weighted by atomic mass is 16.5. The van der Waals surface area contributed by atoms with Crippen LogP contribution in [0.1, 0.15) is 19.4 Å². The van der Waals surface area contributed by atoms with Crippen molar-refractivity contribution in [1.29, 1.82) is 0 Å². The van der Waals surface area contributed by atoms with Crippen LogP contribution in [-0.2, 0) is 11.3 Å². The van der Waals surface area contributed by atoms with E-state index in [2.05, 4.69) is 6.58 Å². The Morgan fingerprint density at radius 1 is 1.25 bits per heavy atom. The summed E-state index contributed by atoms with van der Waals surface area (Å²) in [7, 11) is 0. The molecule has 0 aliphatic carbocycles. The molecule has 0 heterocycles. The normalized spacial score (nSPS) is 7.83. The first-order valence-corrected chi connectivity index (χ1v) is 4.20. The van der Waals surface area contributed by atoms with E-state index in [9.17, 15) is 0 Å². The zero-order valence-corrected chi connectivity index (χ0v) is 7.79. The molecule has 1 heteroatoms. The minimum atomic E-state index is 0.615. The van der Waals surface area contributed by atoms with Crippen molar-refractivity contribution < 1.29 is 4.74 Å². The van der Waals surface area contributed by atoms with Crippen LogP contribution in [0.25, 0.3) is 0 Å². The van der Waals surface area contributed by atoms with E-state index >= 15 is 0 Å². The Morgan fingerprint density at radius 2 is 1.83 bits per heavy atom. The fourth-order valence-corrected chi connectivity index (χ4v) is 0.729. The van der Waals surface area contributed by atoms with E-state index in [4.69, 9.17) is 4.74 Å². The van der Waals surface area contributed by atoms with Gasteiger partial charge in [-0.15, -0.1) is 0 Å². The molecule has 0 aliphatic heterocycles. The van der Waals surface area contributed by atoms with Gasteiger partial charge in [-0.1, -0.05) is 50.8 Å². The van der Waals surface area contributed by atoms with Crippen molar-refractivity contribution >= 4 is 0 Å². The molecule has 0 fully saturated rings. The van der Waals surface area contributed by atoms with Gasteiger partial charge in [-0.05, 0) is 5.56 Å². The minimum Gasteiger partial charge on any atom is -0.497 e. The molecular weight excluding hydrogens is 148 g/mol. The van der Waals surface area contributed by atoms with Crippen LogP contribution >= 0.6 is 0 Å². The number of hydrogen-bond donors (Lipinski definition) is 0. The van der Waals surface area contributed by atoms with Crippen molar-refractivity contribution in [3.63, 3.8) is 0 Å². The van der Waals surface area contributed by atoms with Crippen LogP contribution in [0.15, 0.2) is 43.2 Å². The Kier molecular flexibility index (Phi) is 7.05. The second kappa shape index (κ2) is 7.86. The van der Waals surface area contributed by atoms with Crippen molar-refractivity contribution in [3.8, 4) is 0 Å². The first kappa shape index (κ1) is 10.8. The van der Waals surface area contributed by atoms with Gasteiger partial charge in [0.2, 0.25) is 0 Å². The fourth-order valence-electron chi connectivity index (χ4n) is 0.729. The molecule has 0 unspecified atom stereocenters. The number of ether oxygens (including phenoxy) is 1. The van der Waals surface area contributed by atoms with Gasteiger partial charge in [-0.25, -0.2) is 0 Å². The van der Waals surface area contributed by atoms with E-state index < -0.39 is 0 Å². The molecule has 0 atom stereocenters. The average molecular weight is 164 g/mol. The summed E-state index contributed by atoms with van der Waals surface area (Å²) < 4.78 is 4.98. The van der Waals surface area contributed by atoms with E-state index in [0.717, 1.165) is 0 Å². The zero-order valence-electron chi connectivity index (χ0n) is 7.79. The third-order valence-electron chi connectivity index (χ3n) is 1.21. The van der Waals surface area contributed by atoms with Crippen molar-refractivity contribution in [1.82, 2.24) is 0 Å². The smallest absolute Gasteiger partial charge is 0.112 e. The molecule has 12 heavy (non-hydrogen) atoms. The molecule has 1 rings (SSSR count). The Labute approximate surface area is 74.7 Å². The Hall–Kier alpha value is -1.24. The summed E-state index contributed by atoms with van der Waals surface area (Å²) in [6.45, 7) is 8.07. The second-order valence-electron chi connectivity index (χ2n) is 1.96. The molecular formula is C11H16O. The van der Waals surface area contributed by atoms with E-state index in [0.29, 0.717) is 6.61 Å². The first-order valence-electron chi connectivity index (χ1n) is 4.20. The molecule has 0 saturated carbocycles. The van der Waals surface area contributed by atoms with Crippen LogP contribution in [0.4, 0.5) is 0 Å². The third-order valence-corrected chi connectivity index (χ3v) is 1.21. The number of hydrogen-bond acceptors (Lipinski definition) is 1. The van der Waals surface area contributed by atoms with Gasteiger partial charge in [0.1, 0.15) is 6.61 Å². The molecule has 0 bridgehead atoms. The van der Waals surface area contributed by atoms with Gasteiger partial charge in [-0.3, -0.25) is 0 Å². The molecule has 0 aromatic heterocycles. The summed E-state index contributed by atoms with van der Waals surface area (Å²) >= 11 is 0. The standard InChI is InChI=1S/C9H10O.C2H6/c1-2-10-8-9-6-4-3-5-7-9;1-2/h2-7H,1,8H2;1-2H3. The maximum Gasteiger partial charge on any atom is 0.112 e. The molecule has 0 saturated heterocycles. The largest absolute Gasteiger partial charge is 0.497 e. The third kappa shape index (κ3) is 4.56. The van der Waals surface area contributed by atoms with Crippen molar-refractivity contribution in [2.45, 2.75) is 20.5 Å². The lowest BCUT2D eigenvalue weighted by atomic mass is 10.2. The molecule has 66 valence electrons. The van der Waals surface area contributed by atoms with Gasteiger partial charge in [0, 0.05) is 0 Å². The first-order chi connectivity index (χ1) is 5.93. The number of rotatable bonds is 3. The maximum atomic E-state index is 4.98. The van der Waals surface area contributed by atoms with Gasteiger partial charge >= 0.3 is 0 Å². The monoisotopic (exact) mass is 164 g/mol. The maximum absolute atomic E-state index is 4.98. The van der Waals surface area contributed by atoms with Gasteiger partial charge in [0.25, 0.3) is 0 Å². The molecule has 0 aliphatic rings. The molecule has 1 nitrogen and oxygen atoms in total. The second-order valence-corrected chi connectivity index (χ2v) is 1.96. The predicted molar refractivity (Wildman–Crippen MR) is 52.8 cm³/mol. The highest BCUT2D eigenvalue weighted by molar-refractivity contribution is 5.13. The molecule has 0 spiro atoms. The lowest BCUT2D eigenvalue weighted by Gasteiger charge is -1.98. The molecule has 1 aromatic rings. The van der Waals surface area contributed by atoms with E-state index in [1.54, 1.807) is 0 Å². The van der Waals surface area contributed by atoms with Crippen LogP contribution in [-0.4, -0.2) is 0 Å². The molecule has 1 aromatic carbocycles. The molecule has 0 amide bonds. The van der Waals surface area contributed by atoms with Crippen LogP contribution < -0.4 is 0 Å². The minimum absolute atomic E-state index is 0.615. The van der Waals surface area contributed by atoms with Crippen LogP contribution in [0.5, 0.6) is 0 Å². The molecule has 0 N–H and O–H groups in total. The van der Waals surface area contributed by atoms with Crippen LogP contribution in [0, 0.1) is 0 Å². The van der Waals surface area contributed by atoms with Gasteiger partial charge < -0.3 is 4.74 Å². The Bertz CT molecular complexity index is 191. The lowest BCUT2D eigenvalue weighted by molar-refractivity contribution is 0.237. The topological polar surface area (TPSA) is 9.23 Å². The quantitative estimate of drug-likeness (QED) is 0.622. The SMILES string of the molecule is C=COCc1ccccc1.CC. The summed E-state index contributed by atoms with van der Waals surface area (Å²) in [6, 6.07) is 9.99. The van der Waals surface area contributed by atoms with Crippen molar-refractivity contribution in [3.05, 3.63) is 48.7 Å².